The number of H-pyrrole nitrogens is 1. The fourth-order valence-corrected chi connectivity index (χ4v) is 5.77. The molecule has 0 spiro atoms. The molecule has 3 aliphatic rings. The lowest BCUT2D eigenvalue weighted by molar-refractivity contribution is -0.142. The number of carbonyl (C=O) groups excluding carboxylic acids is 2. The second-order valence-corrected chi connectivity index (χ2v) is 9.51. The number of amides is 2. The molecule has 172 valence electrons. The first-order valence-corrected chi connectivity index (χ1v) is 11.6. The Kier molecular flexibility index (Phi) is 5.47. The van der Waals surface area contributed by atoms with Gasteiger partial charge in [0.15, 0.2) is 0 Å². The Hall–Kier alpha value is -2.42. The average molecular weight is 440 g/mol. The van der Waals surface area contributed by atoms with E-state index < -0.39 is 0 Å². The Morgan fingerprint density at radius 3 is 2.75 bits per heavy atom. The van der Waals surface area contributed by atoms with E-state index in [0.29, 0.717) is 31.9 Å². The summed E-state index contributed by atoms with van der Waals surface area (Å²) in [6, 6.07) is 9.77. The number of aromatic amines is 1. The molecule has 3 fully saturated rings. The molecule has 8 nitrogen and oxygen atoms in total. The molecule has 3 unspecified atom stereocenters. The van der Waals surface area contributed by atoms with Crippen LogP contribution in [0.1, 0.15) is 36.7 Å². The van der Waals surface area contributed by atoms with Crippen LogP contribution in [0.4, 0.5) is 0 Å². The molecule has 2 aliphatic heterocycles. The Bertz CT molecular complexity index is 983. The number of para-hydroxylation sites is 1. The maximum absolute atomic E-state index is 13.7. The zero-order valence-electron chi connectivity index (χ0n) is 19.1. The summed E-state index contributed by atoms with van der Waals surface area (Å²) in [5.41, 5.74) is 4.92. The zero-order chi connectivity index (χ0) is 22.5. The molecule has 2 amide bonds. The number of nitrogens with one attached hydrogen (secondary N) is 2. The minimum absolute atomic E-state index is 0.00537. The molecule has 8 heteroatoms. The predicted octanol–water partition coefficient (Wildman–Crippen LogP) is 1.84. The molecule has 3 atom stereocenters. The Morgan fingerprint density at radius 1 is 1.28 bits per heavy atom. The van der Waals surface area contributed by atoms with Crippen LogP contribution >= 0.6 is 0 Å². The largest absolute Gasteiger partial charge is 0.382 e. The monoisotopic (exact) mass is 439 g/mol. The summed E-state index contributed by atoms with van der Waals surface area (Å²) in [5, 5.41) is 3.01. The van der Waals surface area contributed by atoms with Crippen molar-refractivity contribution < 1.29 is 14.3 Å². The van der Waals surface area contributed by atoms with Crippen molar-refractivity contribution in [3.05, 3.63) is 36.0 Å². The Labute approximate surface area is 188 Å². The highest BCUT2D eigenvalue weighted by molar-refractivity contribution is 5.98. The fraction of sp³-hybridized carbons (Fsp3) is 0.583. The van der Waals surface area contributed by atoms with Crippen molar-refractivity contribution in [1.82, 2.24) is 25.2 Å². The lowest BCUT2D eigenvalue weighted by Gasteiger charge is -2.39. The van der Waals surface area contributed by atoms with E-state index in [1.807, 2.05) is 59.1 Å². The molecule has 32 heavy (non-hydrogen) atoms. The molecule has 0 bridgehead atoms. The molecular weight excluding hydrogens is 406 g/mol. The summed E-state index contributed by atoms with van der Waals surface area (Å²) in [6.45, 7) is 4.54. The summed E-state index contributed by atoms with van der Waals surface area (Å²) in [4.78, 5) is 34.2. The van der Waals surface area contributed by atoms with Gasteiger partial charge in [0.1, 0.15) is 11.7 Å². The fourth-order valence-electron chi connectivity index (χ4n) is 5.77. The second kappa shape index (κ2) is 8.17. The number of carbonyl (C=O) groups is 2. The summed E-state index contributed by atoms with van der Waals surface area (Å²) >= 11 is 0. The van der Waals surface area contributed by atoms with Crippen molar-refractivity contribution in [2.24, 2.45) is 5.92 Å². The normalized spacial score (nSPS) is 26.8. The lowest BCUT2D eigenvalue weighted by atomic mass is 9.87. The third kappa shape index (κ3) is 3.50. The van der Waals surface area contributed by atoms with Crippen LogP contribution < -0.4 is 5.43 Å². The van der Waals surface area contributed by atoms with Crippen molar-refractivity contribution in [3.8, 4) is 0 Å². The van der Waals surface area contributed by atoms with Crippen LogP contribution in [0, 0.1) is 5.92 Å². The highest BCUT2D eigenvalue weighted by atomic mass is 16.5. The first-order chi connectivity index (χ1) is 15.5. The number of hydrogen-bond acceptors (Lipinski definition) is 5. The van der Waals surface area contributed by atoms with Gasteiger partial charge in [-0.05, 0) is 38.3 Å². The minimum atomic E-state index is -0.285. The van der Waals surface area contributed by atoms with Gasteiger partial charge in [-0.15, -0.1) is 0 Å². The maximum atomic E-state index is 13.7. The van der Waals surface area contributed by atoms with E-state index in [4.69, 9.17) is 4.74 Å². The molecule has 0 radical (unpaired) electrons. The number of piperidine rings is 1. The number of methoxy groups -OCH3 is 1. The van der Waals surface area contributed by atoms with Crippen LogP contribution in [0.2, 0.25) is 0 Å². The topological polar surface area (TPSA) is 80.9 Å². The predicted molar refractivity (Wildman–Crippen MR) is 122 cm³/mol. The van der Waals surface area contributed by atoms with Gasteiger partial charge in [0, 0.05) is 56.7 Å². The quantitative estimate of drug-likeness (QED) is 0.718. The number of hydrazine groups is 1. The minimum Gasteiger partial charge on any atom is -0.382 e. The molecule has 2 saturated heterocycles. The molecular formula is C24H33N5O3. The molecule has 2 N–H and O–H groups in total. The van der Waals surface area contributed by atoms with Crippen molar-refractivity contribution in [2.45, 2.75) is 43.8 Å². The van der Waals surface area contributed by atoms with Gasteiger partial charge in [-0.1, -0.05) is 18.2 Å². The number of likely N-dealkylation sites (tertiary alicyclic amines) is 1. The average Bonchev–Trinajstić information content (AvgIpc) is 3.29. The van der Waals surface area contributed by atoms with Gasteiger partial charge in [-0.2, -0.15) is 0 Å². The highest BCUT2D eigenvalue weighted by Gasteiger charge is 2.55. The molecule has 3 heterocycles. The van der Waals surface area contributed by atoms with E-state index >= 15 is 0 Å². The zero-order valence-corrected chi connectivity index (χ0v) is 19.1. The third-order valence-corrected chi connectivity index (χ3v) is 7.55. The molecule has 2 aromatic rings. The SMILES string of the molecule is CCN(C(=O)C1C2CN(C(=O)c3cc4ccccc4[nH]3)CCC2NN1C)C1(COC)CC1. The maximum Gasteiger partial charge on any atom is 0.270 e. The number of hydrogen-bond donors (Lipinski definition) is 2. The number of rotatable bonds is 6. The summed E-state index contributed by atoms with van der Waals surface area (Å²) in [7, 11) is 3.65. The van der Waals surface area contributed by atoms with Crippen molar-refractivity contribution in [2.75, 3.05) is 40.4 Å². The molecule has 1 aromatic heterocycles. The number of likely N-dealkylation sites (N-methyl/N-ethyl adjacent to an activating group) is 2. The lowest BCUT2D eigenvalue weighted by Crippen LogP contribution is -2.56. The van der Waals surface area contributed by atoms with Crippen molar-refractivity contribution in [1.29, 1.82) is 0 Å². The number of benzene rings is 1. The molecule has 1 aromatic carbocycles. The smallest absolute Gasteiger partial charge is 0.270 e. The Balaban J connectivity index is 1.35. The van der Waals surface area contributed by atoms with Gasteiger partial charge < -0.3 is 19.5 Å². The number of fused-ring (bicyclic) bond motifs is 2. The first-order valence-electron chi connectivity index (χ1n) is 11.6. The summed E-state index contributed by atoms with van der Waals surface area (Å²) in [6.07, 6.45) is 2.81. The van der Waals surface area contributed by atoms with Gasteiger partial charge in [0.05, 0.1) is 12.1 Å². The van der Waals surface area contributed by atoms with Crippen LogP contribution in [-0.2, 0) is 9.53 Å². The van der Waals surface area contributed by atoms with Crippen LogP contribution in [-0.4, -0.2) is 89.6 Å². The molecule has 1 aliphatic carbocycles. The van der Waals surface area contributed by atoms with Crippen molar-refractivity contribution in [3.63, 3.8) is 0 Å². The van der Waals surface area contributed by atoms with E-state index in [1.54, 1.807) is 7.11 Å². The third-order valence-electron chi connectivity index (χ3n) is 7.55. The van der Waals surface area contributed by atoms with E-state index in [1.165, 1.54) is 0 Å². The number of aromatic nitrogens is 1. The van der Waals surface area contributed by atoms with Crippen LogP contribution in [0.15, 0.2) is 30.3 Å². The van der Waals surface area contributed by atoms with E-state index in [0.717, 1.165) is 30.2 Å². The van der Waals surface area contributed by atoms with Crippen LogP contribution in [0.25, 0.3) is 10.9 Å². The molecule has 5 rings (SSSR count). The summed E-state index contributed by atoms with van der Waals surface area (Å²) < 4.78 is 5.44. The van der Waals surface area contributed by atoms with Gasteiger partial charge >= 0.3 is 0 Å². The van der Waals surface area contributed by atoms with Crippen LogP contribution in [0.3, 0.4) is 0 Å². The summed E-state index contributed by atoms with van der Waals surface area (Å²) in [5.74, 6) is 0.206. The number of nitrogens with zero attached hydrogens (tertiary/aromatic N) is 3. The van der Waals surface area contributed by atoms with E-state index in [-0.39, 0.29) is 35.4 Å². The van der Waals surface area contributed by atoms with Gasteiger partial charge in [0.2, 0.25) is 5.91 Å². The van der Waals surface area contributed by atoms with Crippen LogP contribution in [0.5, 0.6) is 0 Å². The second-order valence-electron chi connectivity index (χ2n) is 9.51. The number of ether oxygens (including phenoxy) is 1. The Morgan fingerprint density at radius 2 is 2.06 bits per heavy atom. The van der Waals surface area contributed by atoms with Gasteiger partial charge in [-0.25, -0.2) is 5.01 Å². The van der Waals surface area contributed by atoms with E-state index in [9.17, 15) is 9.59 Å². The van der Waals surface area contributed by atoms with Crippen molar-refractivity contribution >= 4 is 22.7 Å². The van der Waals surface area contributed by atoms with Gasteiger partial charge in [0.25, 0.3) is 5.91 Å². The molecule has 1 saturated carbocycles. The standard InChI is InChI=1S/C24H33N5O3/c1-4-29(24(10-11-24)15-32-3)23(31)21-17-14-28(12-9-19(17)26-27(21)2)22(30)20-13-16-7-5-6-8-18(16)25-20/h5-8,13,17,19,21,25-26H,4,9-12,14-15H2,1-3H3. The first kappa shape index (κ1) is 21.4. The van der Waals surface area contributed by atoms with E-state index in [2.05, 4.69) is 10.4 Å². The van der Waals surface area contributed by atoms with Gasteiger partial charge in [-0.3, -0.25) is 15.0 Å². The highest BCUT2D eigenvalue weighted by Crippen LogP contribution is 2.43.